The van der Waals surface area contributed by atoms with E-state index in [0.717, 1.165) is 5.52 Å². The number of aryl methyl sites for hydroxylation is 1. The molecule has 0 aliphatic carbocycles. The predicted octanol–water partition coefficient (Wildman–Crippen LogP) is 1.31. The Kier molecular flexibility index (Phi) is 3.94. The van der Waals surface area contributed by atoms with Crippen molar-refractivity contribution >= 4 is 16.8 Å². The van der Waals surface area contributed by atoms with Gasteiger partial charge in [-0.05, 0) is 26.0 Å². The molecule has 19 heavy (non-hydrogen) atoms. The van der Waals surface area contributed by atoms with E-state index in [2.05, 4.69) is 10.4 Å². The molecule has 100 valence electrons. The zero-order valence-electron chi connectivity index (χ0n) is 11.1. The van der Waals surface area contributed by atoms with Crippen molar-refractivity contribution in [3.8, 4) is 0 Å². The van der Waals surface area contributed by atoms with Crippen LogP contribution in [0.4, 0.5) is 0 Å². The number of nitrogens with zero attached hydrogens (tertiary/aromatic N) is 2. The Bertz CT molecular complexity index is 646. The molecule has 1 aromatic carbocycles. The zero-order chi connectivity index (χ0) is 13.8. The predicted molar refractivity (Wildman–Crippen MR) is 73.9 cm³/mol. The molecule has 5 nitrogen and oxygen atoms in total. The highest BCUT2D eigenvalue weighted by Crippen LogP contribution is 2.08. The maximum Gasteiger partial charge on any atom is 0.222 e. The summed E-state index contributed by atoms with van der Waals surface area (Å²) in [5.41, 5.74) is 0.658. The second-order valence-corrected chi connectivity index (χ2v) is 4.72. The van der Waals surface area contributed by atoms with Crippen LogP contribution in [0.3, 0.4) is 0 Å². The Hall–Kier alpha value is -2.17. The lowest BCUT2D eigenvalue weighted by molar-refractivity contribution is -0.121. The molecule has 0 fully saturated rings. The third-order valence-electron chi connectivity index (χ3n) is 2.76. The van der Waals surface area contributed by atoms with Crippen LogP contribution in [0.2, 0.25) is 0 Å². The van der Waals surface area contributed by atoms with Crippen LogP contribution in [0.5, 0.6) is 0 Å². The van der Waals surface area contributed by atoms with Gasteiger partial charge in [0.15, 0.2) is 0 Å². The molecule has 0 atom stereocenters. The molecule has 0 radical (unpaired) electrons. The minimum absolute atomic E-state index is 0.0143. The summed E-state index contributed by atoms with van der Waals surface area (Å²) in [4.78, 5) is 23.3. The molecule has 2 aromatic rings. The summed E-state index contributed by atoms with van der Waals surface area (Å²) in [6.45, 7) is 4.30. The van der Waals surface area contributed by atoms with Gasteiger partial charge in [0.2, 0.25) is 11.3 Å². The van der Waals surface area contributed by atoms with E-state index < -0.39 is 0 Å². The number of rotatable bonds is 4. The summed E-state index contributed by atoms with van der Waals surface area (Å²) in [5.74, 6) is -0.0143. The second kappa shape index (κ2) is 5.65. The Morgan fingerprint density at radius 3 is 2.84 bits per heavy atom. The van der Waals surface area contributed by atoms with Crippen LogP contribution < -0.4 is 10.7 Å². The van der Waals surface area contributed by atoms with Crippen molar-refractivity contribution < 1.29 is 4.79 Å². The van der Waals surface area contributed by atoms with Gasteiger partial charge in [-0.2, -0.15) is 5.10 Å². The summed E-state index contributed by atoms with van der Waals surface area (Å²) in [5, 5.41) is 7.54. The van der Waals surface area contributed by atoms with Crippen molar-refractivity contribution in [2.45, 2.75) is 32.9 Å². The Balaban J connectivity index is 2.20. The number of aromatic nitrogens is 2. The molecular formula is C14H17N3O2. The van der Waals surface area contributed by atoms with Gasteiger partial charge in [-0.1, -0.05) is 12.1 Å². The fourth-order valence-electron chi connectivity index (χ4n) is 1.94. The largest absolute Gasteiger partial charge is 0.354 e. The first kappa shape index (κ1) is 13.3. The van der Waals surface area contributed by atoms with E-state index in [1.807, 2.05) is 32.0 Å². The molecule has 2 rings (SSSR count). The fourth-order valence-corrected chi connectivity index (χ4v) is 1.94. The van der Waals surface area contributed by atoms with Gasteiger partial charge in [-0.25, -0.2) is 0 Å². The smallest absolute Gasteiger partial charge is 0.222 e. The number of carbonyl (C=O) groups is 1. The highest BCUT2D eigenvalue weighted by molar-refractivity contribution is 5.79. The minimum atomic E-state index is -0.0986. The van der Waals surface area contributed by atoms with Crippen molar-refractivity contribution in [2.24, 2.45) is 0 Å². The van der Waals surface area contributed by atoms with Gasteiger partial charge in [0.1, 0.15) is 0 Å². The topological polar surface area (TPSA) is 64.0 Å². The average molecular weight is 259 g/mol. The van der Waals surface area contributed by atoms with Crippen LogP contribution >= 0.6 is 0 Å². The molecule has 0 aliphatic heterocycles. The molecule has 5 heteroatoms. The van der Waals surface area contributed by atoms with Crippen molar-refractivity contribution in [2.75, 3.05) is 0 Å². The first-order valence-corrected chi connectivity index (χ1v) is 6.32. The number of benzene rings is 1. The fraction of sp³-hybridized carbons (Fsp3) is 0.357. The quantitative estimate of drug-likeness (QED) is 0.900. The van der Waals surface area contributed by atoms with Crippen LogP contribution in [0.15, 0.2) is 35.3 Å². The van der Waals surface area contributed by atoms with E-state index in [1.54, 1.807) is 10.7 Å². The minimum Gasteiger partial charge on any atom is -0.354 e. The van der Waals surface area contributed by atoms with Crippen LogP contribution in [-0.2, 0) is 11.3 Å². The first-order valence-electron chi connectivity index (χ1n) is 6.32. The lowest BCUT2D eigenvalue weighted by Gasteiger charge is -2.10. The number of hydrogen-bond acceptors (Lipinski definition) is 3. The molecule has 0 spiro atoms. The van der Waals surface area contributed by atoms with Gasteiger partial charge in [0, 0.05) is 17.8 Å². The van der Waals surface area contributed by atoms with E-state index in [1.165, 1.54) is 6.20 Å². The van der Waals surface area contributed by atoms with Crippen molar-refractivity contribution in [3.63, 3.8) is 0 Å². The highest BCUT2D eigenvalue weighted by Gasteiger charge is 2.06. The van der Waals surface area contributed by atoms with Crippen LogP contribution in [0, 0.1) is 0 Å². The van der Waals surface area contributed by atoms with E-state index in [0.29, 0.717) is 18.4 Å². The average Bonchev–Trinajstić information content (AvgIpc) is 2.37. The molecule has 1 N–H and O–H groups in total. The van der Waals surface area contributed by atoms with Gasteiger partial charge in [0.05, 0.1) is 18.3 Å². The van der Waals surface area contributed by atoms with Gasteiger partial charge in [-0.3, -0.25) is 14.3 Å². The number of fused-ring (bicyclic) bond motifs is 1. The molecule has 0 aliphatic rings. The van der Waals surface area contributed by atoms with Crippen molar-refractivity contribution in [3.05, 3.63) is 40.7 Å². The Morgan fingerprint density at radius 2 is 2.11 bits per heavy atom. The van der Waals surface area contributed by atoms with Crippen LogP contribution in [0.1, 0.15) is 20.3 Å². The van der Waals surface area contributed by atoms with E-state index in [4.69, 9.17) is 0 Å². The molecule has 0 saturated heterocycles. The van der Waals surface area contributed by atoms with E-state index in [-0.39, 0.29) is 17.4 Å². The standard InChI is InChI=1S/C14H17N3O2/c1-10(2)16-14(19)7-8-17-12-6-4-3-5-11(12)13(18)9-15-17/h3-6,9-10H,7-8H2,1-2H3,(H,16,19). The molecular weight excluding hydrogens is 242 g/mol. The molecule has 0 bridgehead atoms. The summed E-state index contributed by atoms with van der Waals surface area (Å²) in [7, 11) is 0. The monoisotopic (exact) mass is 259 g/mol. The molecule has 1 amide bonds. The number of para-hydroxylation sites is 1. The van der Waals surface area contributed by atoms with Gasteiger partial charge < -0.3 is 5.32 Å². The highest BCUT2D eigenvalue weighted by atomic mass is 16.1. The summed E-state index contributed by atoms with van der Waals surface area (Å²) in [6, 6.07) is 7.41. The summed E-state index contributed by atoms with van der Waals surface area (Å²) in [6.07, 6.45) is 1.64. The van der Waals surface area contributed by atoms with Crippen molar-refractivity contribution in [1.29, 1.82) is 0 Å². The zero-order valence-corrected chi connectivity index (χ0v) is 11.1. The third kappa shape index (κ3) is 3.19. The lowest BCUT2D eigenvalue weighted by Crippen LogP contribution is -2.31. The lowest BCUT2D eigenvalue weighted by atomic mass is 10.2. The molecule has 0 saturated carbocycles. The number of amides is 1. The van der Waals surface area contributed by atoms with Gasteiger partial charge in [0.25, 0.3) is 0 Å². The maximum absolute atomic E-state index is 11.7. The van der Waals surface area contributed by atoms with Crippen LogP contribution in [0.25, 0.3) is 10.9 Å². The van der Waals surface area contributed by atoms with Crippen molar-refractivity contribution in [1.82, 2.24) is 15.1 Å². The van der Waals surface area contributed by atoms with E-state index in [9.17, 15) is 9.59 Å². The normalized spacial score (nSPS) is 10.9. The Morgan fingerprint density at radius 1 is 1.37 bits per heavy atom. The molecule has 0 unspecified atom stereocenters. The SMILES string of the molecule is CC(C)NC(=O)CCn1ncc(=O)c2ccccc21. The van der Waals surface area contributed by atoms with Gasteiger partial charge in [-0.15, -0.1) is 0 Å². The summed E-state index contributed by atoms with van der Waals surface area (Å²) < 4.78 is 1.69. The second-order valence-electron chi connectivity index (χ2n) is 4.72. The van der Waals surface area contributed by atoms with Crippen LogP contribution in [-0.4, -0.2) is 21.7 Å². The number of carbonyl (C=O) groups excluding carboxylic acids is 1. The van der Waals surface area contributed by atoms with E-state index >= 15 is 0 Å². The summed E-state index contributed by atoms with van der Waals surface area (Å²) >= 11 is 0. The molecule has 1 heterocycles. The van der Waals surface area contributed by atoms with Gasteiger partial charge >= 0.3 is 0 Å². The first-order chi connectivity index (χ1) is 9.08. The number of nitrogens with one attached hydrogen (secondary N) is 1. The Labute approximate surface area is 111 Å². The molecule has 1 aromatic heterocycles. The number of hydrogen-bond donors (Lipinski definition) is 1. The maximum atomic E-state index is 11.7. The third-order valence-corrected chi connectivity index (χ3v) is 2.76.